The number of halogens is 3. The Kier molecular flexibility index (Phi) is 3.39. The molecule has 3 N–H and O–H groups in total. The third-order valence-corrected chi connectivity index (χ3v) is 2.68. The maximum Gasteiger partial charge on any atom is 0.416 e. The highest BCUT2D eigenvalue weighted by molar-refractivity contribution is 5.86. The van der Waals surface area contributed by atoms with Crippen molar-refractivity contribution in [2.75, 3.05) is 0 Å². The number of nitrogens with one attached hydrogen (secondary N) is 2. The lowest BCUT2D eigenvalue weighted by Gasteiger charge is -2.07. The molecular formula is C12H9F3N2O3. The van der Waals surface area contributed by atoms with Crippen LogP contribution in [-0.4, -0.2) is 21.0 Å². The Balaban J connectivity index is 2.27. The third-order valence-electron chi connectivity index (χ3n) is 2.68. The molecule has 0 unspecified atom stereocenters. The maximum absolute atomic E-state index is 12.4. The first-order valence-electron chi connectivity index (χ1n) is 5.48. The average molecular weight is 286 g/mol. The van der Waals surface area contributed by atoms with E-state index in [1.165, 1.54) is 12.1 Å². The predicted octanol–water partition coefficient (Wildman–Crippen LogP) is 2.01. The molecule has 5 nitrogen and oxygen atoms in total. The number of H-pyrrole nitrogens is 2. The van der Waals surface area contributed by atoms with E-state index in [4.69, 9.17) is 5.11 Å². The van der Waals surface area contributed by atoms with E-state index in [0.717, 1.165) is 12.1 Å². The van der Waals surface area contributed by atoms with Crippen molar-refractivity contribution < 1.29 is 23.1 Å². The number of aromatic carboxylic acids is 1. The van der Waals surface area contributed by atoms with Gasteiger partial charge in [-0.05, 0) is 17.7 Å². The van der Waals surface area contributed by atoms with Crippen molar-refractivity contribution in [1.29, 1.82) is 0 Å². The van der Waals surface area contributed by atoms with Gasteiger partial charge < -0.3 is 10.1 Å². The van der Waals surface area contributed by atoms with Crippen LogP contribution in [0.5, 0.6) is 0 Å². The molecule has 1 aromatic carbocycles. The van der Waals surface area contributed by atoms with Crippen LogP contribution >= 0.6 is 0 Å². The van der Waals surface area contributed by atoms with Crippen LogP contribution in [-0.2, 0) is 12.6 Å². The fourth-order valence-electron chi connectivity index (χ4n) is 1.75. The second-order valence-electron chi connectivity index (χ2n) is 4.11. The molecule has 0 saturated heterocycles. The van der Waals surface area contributed by atoms with Crippen LogP contribution in [0.15, 0.2) is 29.1 Å². The molecule has 8 heteroatoms. The van der Waals surface area contributed by atoms with Crippen LogP contribution in [0.3, 0.4) is 0 Å². The molecule has 0 atom stereocenters. The number of carboxylic acids is 1. The monoisotopic (exact) mass is 286 g/mol. The van der Waals surface area contributed by atoms with Gasteiger partial charge in [0.1, 0.15) is 5.69 Å². The molecule has 0 aliphatic rings. The summed E-state index contributed by atoms with van der Waals surface area (Å²) < 4.78 is 37.2. The molecule has 2 rings (SSSR count). The van der Waals surface area contributed by atoms with E-state index in [0.29, 0.717) is 5.56 Å². The number of alkyl halides is 3. The number of aromatic amines is 2. The van der Waals surface area contributed by atoms with Crippen LogP contribution in [0.1, 0.15) is 27.3 Å². The molecule has 0 aliphatic heterocycles. The first kappa shape index (κ1) is 13.9. The Labute approximate surface area is 110 Å². The summed E-state index contributed by atoms with van der Waals surface area (Å²) in [4.78, 5) is 26.4. The molecule has 1 heterocycles. The highest BCUT2D eigenvalue weighted by Crippen LogP contribution is 2.29. The Morgan fingerprint density at radius 3 is 2.25 bits per heavy atom. The Morgan fingerprint density at radius 2 is 1.75 bits per heavy atom. The zero-order valence-corrected chi connectivity index (χ0v) is 9.91. The van der Waals surface area contributed by atoms with E-state index in [9.17, 15) is 22.8 Å². The van der Waals surface area contributed by atoms with Gasteiger partial charge in [0.2, 0.25) is 0 Å². The van der Waals surface area contributed by atoms with Crippen molar-refractivity contribution in [2.45, 2.75) is 12.6 Å². The number of hydrogen-bond acceptors (Lipinski definition) is 2. The fraction of sp³-hybridized carbons (Fsp3) is 0.167. The second kappa shape index (κ2) is 4.87. The van der Waals surface area contributed by atoms with Crippen molar-refractivity contribution in [3.8, 4) is 0 Å². The van der Waals surface area contributed by atoms with Crippen LogP contribution in [0.2, 0.25) is 0 Å². The molecule has 0 aliphatic carbocycles. The van der Waals surface area contributed by atoms with Gasteiger partial charge in [-0.2, -0.15) is 13.2 Å². The largest absolute Gasteiger partial charge is 0.477 e. The van der Waals surface area contributed by atoms with Gasteiger partial charge in [-0.15, -0.1) is 0 Å². The van der Waals surface area contributed by atoms with Crippen molar-refractivity contribution in [3.63, 3.8) is 0 Å². The van der Waals surface area contributed by atoms with Crippen molar-refractivity contribution in [1.82, 2.24) is 9.97 Å². The summed E-state index contributed by atoms with van der Waals surface area (Å²) >= 11 is 0. The number of carboxylic acid groups (broad SMARTS) is 1. The minimum Gasteiger partial charge on any atom is -0.477 e. The summed E-state index contributed by atoms with van der Waals surface area (Å²) in [5.74, 6) is -1.31. The zero-order chi connectivity index (χ0) is 14.9. The Bertz CT molecular complexity index is 683. The standard InChI is InChI=1S/C12H9F3N2O3/c13-12(14,15)7-3-1-6(2-4-7)5-8-9(10(18)19)17-11(20)16-8/h1-4H,5H2,(H,18,19)(H2,16,17,20). The number of benzene rings is 1. The molecular weight excluding hydrogens is 277 g/mol. The number of carbonyl (C=O) groups is 1. The quantitative estimate of drug-likeness (QED) is 0.806. The van der Waals surface area contributed by atoms with E-state index < -0.39 is 23.4 Å². The Hall–Kier alpha value is -2.51. The van der Waals surface area contributed by atoms with E-state index in [-0.39, 0.29) is 17.8 Å². The SMILES string of the molecule is O=C(O)c1[nH]c(=O)[nH]c1Cc1ccc(C(F)(F)F)cc1. The molecule has 0 saturated carbocycles. The molecule has 0 bridgehead atoms. The number of imidazole rings is 1. The fourth-order valence-corrected chi connectivity index (χ4v) is 1.75. The minimum atomic E-state index is -4.42. The molecule has 0 amide bonds. The van der Waals surface area contributed by atoms with Crippen molar-refractivity contribution >= 4 is 5.97 Å². The van der Waals surface area contributed by atoms with Gasteiger partial charge in [-0.3, -0.25) is 4.98 Å². The number of aromatic nitrogens is 2. The zero-order valence-electron chi connectivity index (χ0n) is 9.91. The van der Waals surface area contributed by atoms with Crippen LogP contribution < -0.4 is 5.69 Å². The predicted molar refractivity (Wildman–Crippen MR) is 62.6 cm³/mol. The summed E-state index contributed by atoms with van der Waals surface area (Å²) in [5, 5.41) is 8.87. The van der Waals surface area contributed by atoms with Gasteiger partial charge in [0.05, 0.1) is 11.3 Å². The molecule has 106 valence electrons. The summed E-state index contributed by atoms with van der Waals surface area (Å²) in [5.41, 5.74) is -1.19. The van der Waals surface area contributed by atoms with Crippen molar-refractivity contribution in [3.05, 3.63) is 57.3 Å². The van der Waals surface area contributed by atoms with Gasteiger partial charge in [0.25, 0.3) is 0 Å². The van der Waals surface area contributed by atoms with E-state index in [2.05, 4.69) is 9.97 Å². The molecule has 2 aromatic rings. The van der Waals surface area contributed by atoms with Gasteiger partial charge in [-0.25, -0.2) is 9.59 Å². The molecule has 0 spiro atoms. The van der Waals surface area contributed by atoms with Crippen LogP contribution in [0, 0.1) is 0 Å². The summed E-state index contributed by atoms with van der Waals surface area (Å²) in [6.07, 6.45) is -4.41. The lowest BCUT2D eigenvalue weighted by atomic mass is 10.1. The summed E-state index contributed by atoms with van der Waals surface area (Å²) in [6.45, 7) is 0. The Morgan fingerprint density at radius 1 is 1.15 bits per heavy atom. The smallest absolute Gasteiger partial charge is 0.416 e. The van der Waals surface area contributed by atoms with E-state index in [1.54, 1.807) is 0 Å². The van der Waals surface area contributed by atoms with E-state index >= 15 is 0 Å². The molecule has 0 fully saturated rings. The van der Waals surface area contributed by atoms with Crippen LogP contribution in [0.4, 0.5) is 13.2 Å². The lowest BCUT2D eigenvalue weighted by molar-refractivity contribution is -0.137. The van der Waals surface area contributed by atoms with Gasteiger partial charge in [0, 0.05) is 6.42 Å². The minimum absolute atomic E-state index is 0.0124. The van der Waals surface area contributed by atoms with Crippen molar-refractivity contribution in [2.24, 2.45) is 0 Å². The second-order valence-corrected chi connectivity index (χ2v) is 4.11. The highest BCUT2D eigenvalue weighted by Gasteiger charge is 2.30. The average Bonchev–Trinajstić information content (AvgIpc) is 2.70. The number of hydrogen-bond donors (Lipinski definition) is 3. The highest BCUT2D eigenvalue weighted by atomic mass is 19.4. The molecule has 0 radical (unpaired) electrons. The summed E-state index contributed by atoms with van der Waals surface area (Å²) in [7, 11) is 0. The number of rotatable bonds is 3. The topological polar surface area (TPSA) is 85.9 Å². The maximum atomic E-state index is 12.4. The third kappa shape index (κ3) is 2.90. The molecule has 1 aromatic heterocycles. The van der Waals surface area contributed by atoms with Crippen LogP contribution in [0.25, 0.3) is 0 Å². The lowest BCUT2D eigenvalue weighted by Crippen LogP contribution is -2.05. The van der Waals surface area contributed by atoms with Gasteiger partial charge in [0.15, 0.2) is 0 Å². The van der Waals surface area contributed by atoms with Gasteiger partial charge >= 0.3 is 17.8 Å². The van der Waals surface area contributed by atoms with Gasteiger partial charge in [-0.1, -0.05) is 12.1 Å². The normalized spacial score (nSPS) is 11.6. The summed E-state index contributed by atoms with van der Waals surface area (Å²) in [6, 6.07) is 4.28. The van der Waals surface area contributed by atoms with E-state index in [1.807, 2.05) is 0 Å². The first-order chi connectivity index (χ1) is 9.27. The first-order valence-corrected chi connectivity index (χ1v) is 5.48. The molecule has 20 heavy (non-hydrogen) atoms.